The second-order valence-electron chi connectivity index (χ2n) is 10.4. The van der Waals surface area contributed by atoms with Crippen LogP contribution in [0.3, 0.4) is 0 Å². The molecule has 0 spiro atoms. The van der Waals surface area contributed by atoms with E-state index in [4.69, 9.17) is 22.7 Å². The van der Waals surface area contributed by atoms with Crippen LogP contribution < -0.4 is 20.8 Å². The van der Waals surface area contributed by atoms with Gasteiger partial charge >= 0.3 is 5.97 Å². The number of anilines is 1. The van der Waals surface area contributed by atoms with Crippen molar-refractivity contribution >= 4 is 56.5 Å². The first-order chi connectivity index (χ1) is 20.2. The highest BCUT2D eigenvalue weighted by Crippen LogP contribution is 2.44. The van der Waals surface area contributed by atoms with Gasteiger partial charge in [-0.1, -0.05) is 18.2 Å². The molecule has 0 radical (unpaired) electrons. The Labute approximate surface area is 244 Å². The molecule has 4 aromatic rings. The number of nitrogens with zero attached hydrogens (tertiary/aromatic N) is 6. The van der Waals surface area contributed by atoms with Crippen molar-refractivity contribution in [3.63, 3.8) is 0 Å². The summed E-state index contributed by atoms with van der Waals surface area (Å²) in [5, 5.41) is 28.9. The van der Waals surface area contributed by atoms with Crippen LogP contribution in [0.15, 0.2) is 51.6 Å². The number of nitrogens with two attached hydrogens (primary N) is 1. The number of halogens is 1. The zero-order chi connectivity index (χ0) is 29.7. The number of aromatic nitrogens is 2. The second-order valence-corrected chi connectivity index (χ2v) is 10.8. The summed E-state index contributed by atoms with van der Waals surface area (Å²) in [5.74, 6) is -1.87. The van der Waals surface area contributed by atoms with Gasteiger partial charge in [0.25, 0.3) is 0 Å². The fourth-order valence-electron chi connectivity index (χ4n) is 5.65. The molecule has 1 saturated heterocycles. The minimum atomic E-state index is -1.35. The third-order valence-corrected chi connectivity index (χ3v) is 7.85. The number of carboxylic acid groups (broad SMARTS) is 1. The molecule has 1 saturated carbocycles. The van der Waals surface area contributed by atoms with E-state index in [-0.39, 0.29) is 39.5 Å². The lowest BCUT2D eigenvalue weighted by atomic mass is 10.1. The molecule has 6 rings (SSSR count). The van der Waals surface area contributed by atoms with Gasteiger partial charge in [-0.15, -0.1) is 10.2 Å². The van der Waals surface area contributed by atoms with E-state index in [2.05, 4.69) is 15.1 Å². The van der Waals surface area contributed by atoms with Crippen molar-refractivity contribution < 1.29 is 24.1 Å². The van der Waals surface area contributed by atoms with Gasteiger partial charge in [0.05, 0.1) is 30.2 Å². The Morgan fingerprint density at radius 3 is 2.55 bits per heavy atom. The third-order valence-electron chi connectivity index (χ3n) is 7.77. The predicted molar refractivity (Wildman–Crippen MR) is 159 cm³/mol. The van der Waals surface area contributed by atoms with E-state index in [1.165, 1.54) is 13.3 Å². The summed E-state index contributed by atoms with van der Waals surface area (Å²) in [6.45, 7) is 2.29. The highest BCUT2D eigenvalue weighted by Gasteiger charge is 2.32. The van der Waals surface area contributed by atoms with Crippen molar-refractivity contribution in [1.29, 1.82) is 0 Å². The summed E-state index contributed by atoms with van der Waals surface area (Å²) < 4.78 is 24.9. The molecule has 2 aliphatic rings. The summed E-state index contributed by atoms with van der Waals surface area (Å²) in [5.41, 5.74) is 5.98. The van der Waals surface area contributed by atoms with Gasteiger partial charge in [-0.2, -0.15) is 0 Å². The van der Waals surface area contributed by atoms with E-state index >= 15 is 4.39 Å². The summed E-state index contributed by atoms with van der Waals surface area (Å²) in [6, 6.07) is 8.54. The minimum absolute atomic E-state index is 0.0168. The first-order valence-corrected chi connectivity index (χ1v) is 13.8. The topological polar surface area (TPSA) is 151 Å². The SMILES string of the molecule is COc1c(N2CCN(Cn3c(O)c(N=NC(N)=S)c4ccccc43)CC2)c(F)cc2c(=O)c(C(=O)O)cn(C3CC3)c12. The first-order valence-electron chi connectivity index (χ1n) is 13.4. The van der Waals surface area contributed by atoms with E-state index in [1.54, 1.807) is 9.13 Å². The lowest BCUT2D eigenvalue weighted by Gasteiger charge is -2.37. The highest BCUT2D eigenvalue weighted by molar-refractivity contribution is 7.80. The normalized spacial score (nSPS) is 16.1. The van der Waals surface area contributed by atoms with Crippen LogP contribution >= 0.6 is 12.2 Å². The molecule has 12 nitrogen and oxygen atoms in total. The Morgan fingerprint density at radius 2 is 1.90 bits per heavy atom. The number of aromatic carboxylic acids is 1. The molecule has 0 unspecified atom stereocenters. The molecule has 14 heteroatoms. The summed E-state index contributed by atoms with van der Waals surface area (Å²) in [4.78, 5) is 28.7. The molecule has 2 aromatic heterocycles. The van der Waals surface area contributed by atoms with Crippen LogP contribution in [-0.2, 0) is 6.67 Å². The van der Waals surface area contributed by atoms with Gasteiger partial charge < -0.3 is 30.2 Å². The number of methoxy groups -OCH3 is 1. The van der Waals surface area contributed by atoms with Crippen molar-refractivity contribution in [3.05, 3.63) is 58.1 Å². The average molecular weight is 594 g/mol. The van der Waals surface area contributed by atoms with Crippen LogP contribution in [-0.4, -0.2) is 68.6 Å². The Bertz CT molecular complexity index is 1840. The van der Waals surface area contributed by atoms with Crippen molar-refractivity contribution in [2.75, 3.05) is 38.2 Å². The molecule has 42 heavy (non-hydrogen) atoms. The Balaban J connectivity index is 1.31. The monoisotopic (exact) mass is 593 g/mol. The van der Waals surface area contributed by atoms with Gasteiger partial charge in [0.1, 0.15) is 11.3 Å². The number of fused-ring (bicyclic) bond motifs is 2. The standard InChI is InChI=1S/C28H28FN7O5S/c1-41-25-22-17(24(37)18(27(39)40)13-35(22)15-6-7-15)12-19(29)23(25)34-10-8-33(9-11-34)14-36-20-5-3-2-4-16(20)21(26(36)38)31-32-28(30)42/h2-5,12-13,15,38H,6-11,14H2,1H3,(H2,30,42)(H,39,40). The number of carbonyl (C=O) groups is 1. The van der Waals surface area contributed by atoms with Crippen LogP contribution in [0.2, 0.25) is 0 Å². The number of hydrogen-bond acceptors (Lipinski definition) is 8. The number of carboxylic acids is 1. The number of azo groups is 1. The first kappa shape index (κ1) is 27.6. The van der Waals surface area contributed by atoms with Crippen LogP contribution in [0.1, 0.15) is 29.2 Å². The zero-order valence-electron chi connectivity index (χ0n) is 22.7. The van der Waals surface area contributed by atoms with Gasteiger partial charge in [-0.25, -0.2) is 9.18 Å². The van der Waals surface area contributed by atoms with Crippen LogP contribution in [0.4, 0.5) is 15.8 Å². The second kappa shape index (κ2) is 10.7. The Kier molecular flexibility index (Phi) is 7.02. The largest absolute Gasteiger partial charge is 0.493 e. The maximum Gasteiger partial charge on any atom is 0.341 e. The molecule has 0 bridgehead atoms. The summed E-state index contributed by atoms with van der Waals surface area (Å²) in [7, 11) is 1.42. The van der Waals surface area contributed by atoms with Crippen LogP contribution in [0.25, 0.3) is 21.8 Å². The quantitative estimate of drug-likeness (QED) is 0.214. The van der Waals surface area contributed by atoms with Crippen molar-refractivity contribution in [1.82, 2.24) is 14.0 Å². The highest BCUT2D eigenvalue weighted by atomic mass is 32.1. The molecule has 1 aliphatic heterocycles. The number of thiocarbonyl (C=S) groups is 1. The average Bonchev–Trinajstić information content (AvgIpc) is 3.78. The molecule has 3 heterocycles. The zero-order valence-corrected chi connectivity index (χ0v) is 23.5. The van der Waals surface area contributed by atoms with Gasteiger partial charge in [0, 0.05) is 43.8 Å². The van der Waals surface area contributed by atoms with E-state index in [1.807, 2.05) is 29.2 Å². The van der Waals surface area contributed by atoms with Crippen LogP contribution in [0.5, 0.6) is 11.6 Å². The van der Waals surface area contributed by atoms with E-state index in [0.29, 0.717) is 43.8 Å². The number of benzene rings is 2. The lowest BCUT2D eigenvalue weighted by Crippen LogP contribution is -2.47. The van der Waals surface area contributed by atoms with Gasteiger partial charge in [-0.3, -0.25) is 14.3 Å². The summed E-state index contributed by atoms with van der Waals surface area (Å²) >= 11 is 4.79. The molecular formula is C28H28FN7O5S. The van der Waals surface area contributed by atoms with E-state index < -0.39 is 22.8 Å². The molecule has 218 valence electrons. The summed E-state index contributed by atoms with van der Waals surface area (Å²) in [6.07, 6.45) is 3.00. The molecule has 4 N–H and O–H groups in total. The number of rotatable bonds is 7. The number of piperazine rings is 1. The fraction of sp³-hybridized carbons (Fsp3) is 0.321. The molecule has 2 fully saturated rings. The van der Waals surface area contributed by atoms with Crippen molar-refractivity contribution in [2.24, 2.45) is 16.0 Å². The fourth-order valence-corrected chi connectivity index (χ4v) is 5.69. The molecule has 0 amide bonds. The van der Waals surface area contributed by atoms with E-state index in [9.17, 15) is 19.8 Å². The maximum atomic E-state index is 15.7. The minimum Gasteiger partial charge on any atom is -0.493 e. The van der Waals surface area contributed by atoms with Crippen molar-refractivity contribution in [2.45, 2.75) is 25.6 Å². The van der Waals surface area contributed by atoms with E-state index in [0.717, 1.165) is 24.4 Å². The third kappa shape index (κ3) is 4.71. The molecule has 0 atom stereocenters. The smallest absolute Gasteiger partial charge is 0.341 e. The predicted octanol–water partition coefficient (Wildman–Crippen LogP) is 3.95. The Morgan fingerprint density at radius 1 is 1.19 bits per heavy atom. The number of pyridine rings is 1. The maximum absolute atomic E-state index is 15.7. The van der Waals surface area contributed by atoms with Crippen LogP contribution in [0, 0.1) is 5.82 Å². The number of hydrogen-bond donors (Lipinski definition) is 3. The van der Waals surface area contributed by atoms with Gasteiger partial charge in [0.2, 0.25) is 16.4 Å². The molecule has 2 aromatic carbocycles. The molecular weight excluding hydrogens is 565 g/mol. The lowest BCUT2D eigenvalue weighted by molar-refractivity contribution is 0.0694. The number of para-hydroxylation sites is 1. The molecule has 1 aliphatic carbocycles. The van der Waals surface area contributed by atoms with Crippen molar-refractivity contribution in [3.8, 4) is 11.6 Å². The van der Waals surface area contributed by atoms with Gasteiger partial charge in [0.15, 0.2) is 17.3 Å². The number of aromatic hydroxyl groups is 1. The number of ether oxygens (including phenoxy) is 1. The van der Waals surface area contributed by atoms with Gasteiger partial charge in [-0.05, 0) is 37.2 Å². The Hall–Kier alpha value is -4.56.